The molecule has 2 heterocycles. The third-order valence-electron chi connectivity index (χ3n) is 3.33. The molecule has 0 saturated heterocycles. The minimum atomic E-state index is 0.363. The summed E-state index contributed by atoms with van der Waals surface area (Å²) >= 11 is 0. The number of aromatic nitrogens is 1. The van der Waals surface area contributed by atoms with Gasteiger partial charge in [-0.3, -0.25) is 4.98 Å². The van der Waals surface area contributed by atoms with Crippen molar-refractivity contribution in [3.8, 4) is 11.3 Å². The standard InChI is InChI=1S/C17H22N2O/c1-4-9-19-14(3)13(2)11-16-7-8-17(20-16)15-6-5-10-18-12-15/h5-8,10-12,14,19H,4,9H2,1-3H3/b13-11+. The Morgan fingerprint density at radius 2 is 2.25 bits per heavy atom. The highest BCUT2D eigenvalue weighted by Gasteiger charge is 2.06. The molecule has 0 fully saturated rings. The topological polar surface area (TPSA) is 38.1 Å². The molecule has 0 bridgehead atoms. The molecular weight excluding hydrogens is 248 g/mol. The molecule has 0 aliphatic carbocycles. The summed E-state index contributed by atoms with van der Waals surface area (Å²) in [5.41, 5.74) is 2.27. The fourth-order valence-electron chi connectivity index (χ4n) is 1.97. The van der Waals surface area contributed by atoms with Crippen LogP contribution in [0.1, 0.15) is 33.0 Å². The van der Waals surface area contributed by atoms with Gasteiger partial charge < -0.3 is 9.73 Å². The molecular formula is C17H22N2O. The Labute approximate surface area is 120 Å². The summed E-state index contributed by atoms with van der Waals surface area (Å²) in [5.74, 6) is 1.73. The summed E-state index contributed by atoms with van der Waals surface area (Å²) in [7, 11) is 0. The monoisotopic (exact) mass is 270 g/mol. The molecule has 3 heteroatoms. The molecule has 1 unspecified atom stereocenters. The molecule has 0 aliphatic rings. The summed E-state index contributed by atoms with van der Waals surface area (Å²) in [6.07, 6.45) is 6.81. The van der Waals surface area contributed by atoms with Gasteiger partial charge in [0.25, 0.3) is 0 Å². The second-order valence-electron chi connectivity index (χ2n) is 5.01. The molecule has 2 aromatic rings. The van der Waals surface area contributed by atoms with Gasteiger partial charge in [-0.25, -0.2) is 0 Å². The largest absolute Gasteiger partial charge is 0.457 e. The molecule has 0 saturated carbocycles. The Morgan fingerprint density at radius 3 is 2.95 bits per heavy atom. The van der Waals surface area contributed by atoms with E-state index in [1.165, 1.54) is 5.57 Å². The number of pyridine rings is 1. The van der Waals surface area contributed by atoms with Crippen LogP contribution < -0.4 is 5.32 Å². The van der Waals surface area contributed by atoms with E-state index in [0.717, 1.165) is 30.0 Å². The van der Waals surface area contributed by atoms with E-state index in [-0.39, 0.29) is 0 Å². The van der Waals surface area contributed by atoms with Crippen LogP contribution in [0.5, 0.6) is 0 Å². The first-order valence-electron chi connectivity index (χ1n) is 7.12. The van der Waals surface area contributed by atoms with Crippen molar-refractivity contribution >= 4 is 6.08 Å². The van der Waals surface area contributed by atoms with Gasteiger partial charge in [-0.05, 0) is 57.2 Å². The predicted molar refractivity (Wildman–Crippen MR) is 83.3 cm³/mol. The Hall–Kier alpha value is -1.87. The van der Waals surface area contributed by atoms with Crippen LogP contribution in [0.15, 0.2) is 46.6 Å². The molecule has 3 nitrogen and oxygen atoms in total. The Morgan fingerprint density at radius 1 is 1.40 bits per heavy atom. The second kappa shape index (κ2) is 7.06. The van der Waals surface area contributed by atoms with Crippen LogP contribution in [0.25, 0.3) is 17.4 Å². The van der Waals surface area contributed by atoms with Gasteiger partial charge in [-0.15, -0.1) is 0 Å². The van der Waals surface area contributed by atoms with Gasteiger partial charge in [0.05, 0.1) is 0 Å². The normalized spacial score (nSPS) is 13.4. The molecule has 0 radical (unpaired) electrons. The third-order valence-corrected chi connectivity index (χ3v) is 3.33. The molecule has 0 spiro atoms. The number of nitrogens with one attached hydrogen (secondary N) is 1. The van der Waals surface area contributed by atoms with Crippen molar-refractivity contribution in [2.45, 2.75) is 33.2 Å². The van der Waals surface area contributed by atoms with Gasteiger partial charge in [0.2, 0.25) is 0 Å². The molecule has 0 aromatic carbocycles. The van der Waals surface area contributed by atoms with Gasteiger partial charge in [-0.1, -0.05) is 12.5 Å². The zero-order chi connectivity index (χ0) is 14.4. The van der Waals surface area contributed by atoms with Gasteiger partial charge in [0.1, 0.15) is 11.5 Å². The first-order chi connectivity index (χ1) is 9.70. The van der Waals surface area contributed by atoms with Gasteiger partial charge in [0.15, 0.2) is 0 Å². The fourth-order valence-corrected chi connectivity index (χ4v) is 1.97. The third kappa shape index (κ3) is 3.81. The van der Waals surface area contributed by atoms with Crippen LogP contribution in [0, 0.1) is 0 Å². The maximum atomic E-state index is 5.85. The maximum absolute atomic E-state index is 5.85. The molecule has 106 valence electrons. The van der Waals surface area contributed by atoms with Crippen LogP contribution in [0.3, 0.4) is 0 Å². The molecule has 0 amide bonds. The molecule has 20 heavy (non-hydrogen) atoms. The highest BCUT2D eigenvalue weighted by atomic mass is 16.3. The number of nitrogens with zero attached hydrogens (tertiary/aromatic N) is 1. The summed E-state index contributed by atoms with van der Waals surface area (Å²) < 4.78 is 5.85. The summed E-state index contributed by atoms with van der Waals surface area (Å²) in [5, 5.41) is 3.47. The second-order valence-corrected chi connectivity index (χ2v) is 5.01. The van der Waals surface area contributed by atoms with E-state index in [9.17, 15) is 0 Å². The van der Waals surface area contributed by atoms with E-state index in [1.807, 2.05) is 30.5 Å². The summed E-state index contributed by atoms with van der Waals surface area (Å²) in [6, 6.07) is 8.26. The Bertz CT molecular complexity index is 557. The van der Waals surface area contributed by atoms with Crippen molar-refractivity contribution < 1.29 is 4.42 Å². The summed E-state index contributed by atoms with van der Waals surface area (Å²) in [6.45, 7) is 7.50. The van der Waals surface area contributed by atoms with E-state index in [1.54, 1.807) is 6.20 Å². The lowest BCUT2D eigenvalue weighted by Crippen LogP contribution is -2.27. The number of rotatable bonds is 6. The van der Waals surface area contributed by atoms with Crippen LogP contribution >= 0.6 is 0 Å². The lowest BCUT2D eigenvalue weighted by Gasteiger charge is -2.13. The van der Waals surface area contributed by atoms with Crippen LogP contribution in [-0.2, 0) is 0 Å². The van der Waals surface area contributed by atoms with Gasteiger partial charge in [-0.2, -0.15) is 0 Å². The molecule has 1 N–H and O–H groups in total. The lowest BCUT2D eigenvalue weighted by molar-refractivity contribution is 0.567. The highest BCUT2D eigenvalue weighted by molar-refractivity contribution is 5.59. The molecule has 1 atom stereocenters. The van der Waals surface area contributed by atoms with Crippen LogP contribution in [0.2, 0.25) is 0 Å². The predicted octanol–water partition coefficient (Wildman–Crippen LogP) is 4.13. The van der Waals surface area contributed by atoms with E-state index in [2.05, 4.69) is 37.1 Å². The summed E-state index contributed by atoms with van der Waals surface area (Å²) in [4.78, 5) is 4.11. The van der Waals surface area contributed by atoms with Crippen LogP contribution in [0.4, 0.5) is 0 Å². The highest BCUT2D eigenvalue weighted by Crippen LogP contribution is 2.22. The Kier molecular flexibility index (Phi) is 5.13. The van der Waals surface area contributed by atoms with Crippen molar-refractivity contribution in [1.29, 1.82) is 0 Å². The van der Waals surface area contributed by atoms with E-state index >= 15 is 0 Å². The zero-order valence-corrected chi connectivity index (χ0v) is 12.4. The number of hydrogen-bond donors (Lipinski definition) is 1. The number of furan rings is 1. The van der Waals surface area contributed by atoms with E-state index < -0.39 is 0 Å². The smallest absolute Gasteiger partial charge is 0.136 e. The quantitative estimate of drug-likeness (QED) is 0.857. The van der Waals surface area contributed by atoms with Crippen molar-refractivity contribution in [1.82, 2.24) is 10.3 Å². The van der Waals surface area contributed by atoms with E-state index in [0.29, 0.717) is 6.04 Å². The first-order valence-corrected chi connectivity index (χ1v) is 7.12. The zero-order valence-electron chi connectivity index (χ0n) is 12.4. The SMILES string of the molecule is CCCNC(C)/C(C)=C/c1ccc(-c2cccnc2)o1. The minimum Gasteiger partial charge on any atom is -0.457 e. The average molecular weight is 270 g/mol. The van der Waals surface area contributed by atoms with E-state index in [4.69, 9.17) is 4.42 Å². The minimum absolute atomic E-state index is 0.363. The van der Waals surface area contributed by atoms with Crippen LogP contribution in [-0.4, -0.2) is 17.6 Å². The van der Waals surface area contributed by atoms with Gasteiger partial charge >= 0.3 is 0 Å². The Balaban J connectivity index is 2.09. The average Bonchev–Trinajstić information content (AvgIpc) is 2.94. The maximum Gasteiger partial charge on any atom is 0.136 e. The van der Waals surface area contributed by atoms with Gasteiger partial charge in [0, 0.05) is 24.0 Å². The van der Waals surface area contributed by atoms with Crippen molar-refractivity contribution in [2.75, 3.05) is 6.54 Å². The molecule has 2 rings (SSSR count). The number of hydrogen-bond acceptors (Lipinski definition) is 3. The fraction of sp³-hybridized carbons (Fsp3) is 0.353. The van der Waals surface area contributed by atoms with Crippen molar-refractivity contribution in [3.63, 3.8) is 0 Å². The first kappa shape index (κ1) is 14.5. The molecule has 2 aromatic heterocycles. The van der Waals surface area contributed by atoms with Crippen molar-refractivity contribution in [3.05, 3.63) is 48.0 Å². The lowest BCUT2D eigenvalue weighted by atomic mass is 10.1. The molecule has 0 aliphatic heterocycles. The van der Waals surface area contributed by atoms with Crippen molar-refractivity contribution in [2.24, 2.45) is 0 Å².